The molecule has 7 heteroatoms. The number of imide groups is 1. The van der Waals surface area contributed by atoms with Crippen LogP contribution in [-0.4, -0.2) is 61.7 Å². The molecule has 2 amide bonds. The highest BCUT2D eigenvalue weighted by atomic mass is 19.1. The quantitative estimate of drug-likeness (QED) is 0.530. The van der Waals surface area contributed by atoms with Crippen molar-refractivity contribution < 1.29 is 18.7 Å². The van der Waals surface area contributed by atoms with Gasteiger partial charge in [0.15, 0.2) is 0 Å². The predicted octanol–water partition coefficient (Wildman–Crippen LogP) is 4.45. The van der Waals surface area contributed by atoms with Gasteiger partial charge in [-0.2, -0.15) is 0 Å². The number of alkyl halides is 1. The highest BCUT2D eigenvalue weighted by Crippen LogP contribution is 2.27. The smallest absolute Gasteiger partial charge is 0.258 e. The van der Waals surface area contributed by atoms with Crippen LogP contribution in [0.2, 0.25) is 0 Å². The normalized spacial score (nSPS) is 19.6. The zero-order valence-corrected chi connectivity index (χ0v) is 21.4. The molecule has 0 aliphatic carbocycles. The lowest BCUT2D eigenvalue weighted by Crippen LogP contribution is -2.42. The Morgan fingerprint density at radius 1 is 1.08 bits per heavy atom. The molecule has 4 rings (SSSR count). The Kier molecular flexibility index (Phi) is 8.75. The van der Waals surface area contributed by atoms with E-state index in [1.165, 1.54) is 0 Å². The Labute approximate surface area is 213 Å². The van der Waals surface area contributed by atoms with Crippen LogP contribution in [0.3, 0.4) is 0 Å². The molecule has 2 fully saturated rings. The van der Waals surface area contributed by atoms with E-state index in [9.17, 15) is 14.0 Å². The summed E-state index contributed by atoms with van der Waals surface area (Å²) in [6, 6.07) is 15.1. The van der Waals surface area contributed by atoms with E-state index in [0.717, 1.165) is 62.2 Å². The molecule has 0 bridgehead atoms. The summed E-state index contributed by atoms with van der Waals surface area (Å²) in [5.41, 5.74) is 0.986. The van der Waals surface area contributed by atoms with Gasteiger partial charge in [-0.1, -0.05) is 30.3 Å². The topological polar surface area (TPSA) is 70.7 Å². The number of piperidine rings is 2. The molecule has 2 aliphatic heterocycles. The monoisotopic (exact) mass is 495 g/mol. The Bertz CT molecular complexity index is 1020. The number of nitrogens with zero attached hydrogens (tertiary/aromatic N) is 1. The number of halogens is 1. The van der Waals surface area contributed by atoms with E-state index >= 15 is 0 Å². The molecule has 2 N–H and O–H groups in total. The van der Waals surface area contributed by atoms with E-state index in [2.05, 4.69) is 15.5 Å². The number of rotatable bonds is 8. The SMILES string of the molecule is CC(C)(F)CN1CCC(COc2ccc(-c3ccccc3C(=O)NC(=O)[C@@H]3CCCNC3)cc2)CC1. The minimum absolute atomic E-state index is 0.172. The van der Waals surface area contributed by atoms with E-state index in [0.29, 0.717) is 31.2 Å². The van der Waals surface area contributed by atoms with Crippen molar-refractivity contribution in [2.45, 2.75) is 45.2 Å². The first kappa shape index (κ1) is 26.3. The minimum Gasteiger partial charge on any atom is -0.493 e. The van der Waals surface area contributed by atoms with Crippen LogP contribution in [0.25, 0.3) is 11.1 Å². The second-order valence-electron chi connectivity index (χ2n) is 10.7. The number of hydrogen-bond donors (Lipinski definition) is 2. The molecule has 2 aromatic rings. The summed E-state index contributed by atoms with van der Waals surface area (Å²) < 4.78 is 19.9. The van der Waals surface area contributed by atoms with Gasteiger partial charge in [-0.05, 0) is 94.4 Å². The van der Waals surface area contributed by atoms with Gasteiger partial charge in [-0.3, -0.25) is 14.9 Å². The fourth-order valence-electron chi connectivity index (χ4n) is 5.08. The molecular weight excluding hydrogens is 457 g/mol. The van der Waals surface area contributed by atoms with E-state index in [1.54, 1.807) is 19.9 Å². The summed E-state index contributed by atoms with van der Waals surface area (Å²) in [6.07, 6.45) is 3.75. The van der Waals surface area contributed by atoms with Crippen LogP contribution in [0.15, 0.2) is 48.5 Å². The van der Waals surface area contributed by atoms with E-state index in [-0.39, 0.29) is 17.7 Å². The van der Waals surface area contributed by atoms with Gasteiger partial charge in [0.05, 0.1) is 12.5 Å². The molecule has 6 nitrogen and oxygen atoms in total. The fraction of sp³-hybridized carbons (Fsp3) is 0.517. The number of ether oxygens (including phenoxy) is 1. The van der Waals surface area contributed by atoms with Crippen molar-refractivity contribution in [1.82, 2.24) is 15.5 Å². The molecule has 36 heavy (non-hydrogen) atoms. The first-order valence-corrected chi connectivity index (χ1v) is 13.1. The molecule has 2 saturated heterocycles. The van der Waals surface area contributed by atoms with Crippen molar-refractivity contribution >= 4 is 11.8 Å². The van der Waals surface area contributed by atoms with Gasteiger partial charge in [0.1, 0.15) is 11.4 Å². The van der Waals surface area contributed by atoms with Crippen LogP contribution in [0.4, 0.5) is 4.39 Å². The standard InChI is InChI=1S/C29H38FN3O3/c1-29(2,30)20-33-16-13-21(14-17-33)19-36-24-11-9-22(10-12-24)25-7-3-4-8-26(25)28(35)32-27(34)23-6-5-15-31-18-23/h3-4,7-12,21,23,31H,5-6,13-20H2,1-2H3,(H,32,34,35)/t23-/m1/s1. The summed E-state index contributed by atoms with van der Waals surface area (Å²) in [5.74, 6) is 0.487. The van der Waals surface area contributed by atoms with Gasteiger partial charge in [-0.25, -0.2) is 4.39 Å². The Morgan fingerprint density at radius 3 is 2.47 bits per heavy atom. The third-order valence-corrected chi connectivity index (χ3v) is 7.03. The maximum Gasteiger partial charge on any atom is 0.258 e. The van der Waals surface area contributed by atoms with Crippen LogP contribution in [-0.2, 0) is 4.79 Å². The summed E-state index contributed by atoms with van der Waals surface area (Å²) in [6.45, 7) is 7.71. The number of hydrogen-bond acceptors (Lipinski definition) is 5. The number of carbonyl (C=O) groups is 2. The Balaban J connectivity index is 1.32. The molecule has 2 aromatic carbocycles. The maximum atomic E-state index is 13.9. The summed E-state index contributed by atoms with van der Waals surface area (Å²) in [5, 5.41) is 5.81. The third kappa shape index (κ3) is 7.37. The van der Waals surface area contributed by atoms with E-state index < -0.39 is 5.67 Å². The van der Waals surface area contributed by atoms with Crippen LogP contribution in [0.5, 0.6) is 5.75 Å². The predicted molar refractivity (Wildman–Crippen MR) is 140 cm³/mol. The zero-order chi connectivity index (χ0) is 25.5. The highest BCUT2D eigenvalue weighted by Gasteiger charge is 2.26. The largest absolute Gasteiger partial charge is 0.493 e. The maximum absolute atomic E-state index is 13.9. The van der Waals surface area contributed by atoms with Gasteiger partial charge >= 0.3 is 0 Å². The Hall–Kier alpha value is -2.77. The summed E-state index contributed by atoms with van der Waals surface area (Å²) >= 11 is 0. The third-order valence-electron chi connectivity index (χ3n) is 7.03. The number of amides is 2. The molecule has 2 heterocycles. The van der Waals surface area contributed by atoms with Gasteiger partial charge in [0.2, 0.25) is 5.91 Å². The second kappa shape index (κ2) is 12.0. The van der Waals surface area contributed by atoms with Crippen molar-refractivity contribution in [3.8, 4) is 16.9 Å². The van der Waals surface area contributed by atoms with Gasteiger partial charge in [0.25, 0.3) is 5.91 Å². The second-order valence-corrected chi connectivity index (χ2v) is 10.7. The molecule has 0 aromatic heterocycles. The lowest BCUT2D eigenvalue weighted by Gasteiger charge is -2.34. The van der Waals surface area contributed by atoms with Gasteiger partial charge in [-0.15, -0.1) is 0 Å². The molecule has 0 radical (unpaired) electrons. The van der Waals surface area contributed by atoms with Crippen LogP contribution in [0, 0.1) is 11.8 Å². The average Bonchev–Trinajstić information content (AvgIpc) is 2.88. The molecule has 0 unspecified atom stereocenters. The van der Waals surface area contributed by atoms with E-state index in [1.807, 2.05) is 42.5 Å². The highest BCUT2D eigenvalue weighted by molar-refractivity contribution is 6.08. The van der Waals surface area contributed by atoms with Crippen molar-refractivity contribution in [1.29, 1.82) is 0 Å². The lowest BCUT2D eigenvalue weighted by atomic mass is 9.96. The summed E-state index contributed by atoms with van der Waals surface area (Å²) in [4.78, 5) is 27.7. The molecular formula is C29H38FN3O3. The van der Waals surface area contributed by atoms with Crippen LogP contribution >= 0.6 is 0 Å². The molecule has 0 saturated carbocycles. The van der Waals surface area contributed by atoms with Crippen molar-refractivity contribution in [2.75, 3.05) is 39.3 Å². The van der Waals surface area contributed by atoms with Gasteiger partial charge in [0, 0.05) is 18.7 Å². The Morgan fingerprint density at radius 2 is 1.81 bits per heavy atom. The first-order valence-electron chi connectivity index (χ1n) is 13.1. The molecule has 1 atom stereocenters. The van der Waals surface area contributed by atoms with Crippen molar-refractivity contribution in [2.24, 2.45) is 11.8 Å². The number of likely N-dealkylation sites (tertiary alicyclic amines) is 1. The van der Waals surface area contributed by atoms with Crippen LogP contribution < -0.4 is 15.4 Å². The molecule has 194 valence electrons. The first-order chi connectivity index (χ1) is 17.3. The minimum atomic E-state index is -1.16. The number of nitrogens with one attached hydrogen (secondary N) is 2. The average molecular weight is 496 g/mol. The number of benzene rings is 2. The lowest BCUT2D eigenvalue weighted by molar-refractivity contribution is -0.124. The summed E-state index contributed by atoms with van der Waals surface area (Å²) in [7, 11) is 0. The van der Waals surface area contributed by atoms with Crippen molar-refractivity contribution in [3.63, 3.8) is 0 Å². The molecule has 0 spiro atoms. The van der Waals surface area contributed by atoms with Crippen molar-refractivity contribution in [3.05, 3.63) is 54.1 Å². The zero-order valence-electron chi connectivity index (χ0n) is 21.4. The van der Waals surface area contributed by atoms with Gasteiger partial charge < -0.3 is 15.0 Å². The van der Waals surface area contributed by atoms with E-state index in [4.69, 9.17) is 4.74 Å². The fourth-order valence-corrected chi connectivity index (χ4v) is 5.08. The van der Waals surface area contributed by atoms with Crippen LogP contribution in [0.1, 0.15) is 49.9 Å². The molecule has 2 aliphatic rings. The number of carbonyl (C=O) groups excluding carboxylic acids is 2.